The van der Waals surface area contributed by atoms with Crippen molar-refractivity contribution in [3.63, 3.8) is 0 Å². The molecule has 9 nitrogen and oxygen atoms in total. The van der Waals surface area contributed by atoms with Gasteiger partial charge in [0.15, 0.2) is 0 Å². The lowest BCUT2D eigenvalue weighted by Crippen LogP contribution is -2.40. The Balaban J connectivity index is 1.26. The van der Waals surface area contributed by atoms with E-state index >= 15 is 0 Å². The van der Waals surface area contributed by atoms with Gasteiger partial charge >= 0.3 is 0 Å². The number of pyridine rings is 2. The van der Waals surface area contributed by atoms with Crippen LogP contribution in [0.2, 0.25) is 0 Å². The van der Waals surface area contributed by atoms with Gasteiger partial charge in [-0.25, -0.2) is 4.98 Å². The van der Waals surface area contributed by atoms with Crippen LogP contribution in [-0.2, 0) is 23.6 Å². The van der Waals surface area contributed by atoms with Gasteiger partial charge in [-0.15, -0.1) is 0 Å². The summed E-state index contributed by atoms with van der Waals surface area (Å²) in [6.45, 7) is 11.3. The molecule has 6 rings (SSSR count). The normalized spacial score (nSPS) is 15.2. The number of rotatable bonds is 5. The van der Waals surface area contributed by atoms with E-state index in [2.05, 4.69) is 43.2 Å². The van der Waals surface area contributed by atoms with E-state index in [1.165, 1.54) is 16.3 Å². The van der Waals surface area contributed by atoms with E-state index in [-0.39, 0.29) is 22.8 Å². The summed E-state index contributed by atoms with van der Waals surface area (Å²) < 4.78 is 6.88. The third-order valence-corrected chi connectivity index (χ3v) is 8.71. The Morgan fingerprint density at radius 2 is 1.73 bits per heavy atom. The summed E-state index contributed by atoms with van der Waals surface area (Å²) in [5.74, 6) is 0.373. The molecule has 45 heavy (non-hydrogen) atoms. The van der Waals surface area contributed by atoms with Crippen LogP contribution in [0.5, 0.6) is 0 Å². The molecule has 2 amide bonds. The Kier molecular flexibility index (Phi) is 8.05. The summed E-state index contributed by atoms with van der Waals surface area (Å²) >= 11 is 0. The lowest BCUT2D eigenvalue weighted by Gasteiger charge is -2.31. The van der Waals surface area contributed by atoms with Crippen LogP contribution < -0.4 is 15.8 Å². The molecule has 0 atom stereocenters. The first-order chi connectivity index (χ1) is 21.5. The number of morpholine rings is 1. The van der Waals surface area contributed by atoms with E-state index in [4.69, 9.17) is 4.74 Å². The van der Waals surface area contributed by atoms with Crippen molar-refractivity contribution in [1.82, 2.24) is 14.5 Å². The maximum Gasteiger partial charge on any atom is 0.274 e. The topological polar surface area (TPSA) is 96.8 Å². The lowest BCUT2D eigenvalue weighted by atomic mass is 9.84. The predicted molar refractivity (Wildman–Crippen MR) is 177 cm³/mol. The number of nitrogens with one attached hydrogen (secondary N) is 1. The van der Waals surface area contributed by atoms with Gasteiger partial charge < -0.3 is 24.4 Å². The van der Waals surface area contributed by atoms with Gasteiger partial charge in [0.25, 0.3) is 17.4 Å². The van der Waals surface area contributed by atoms with Crippen molar-refractivity contribution in [3.8, 4) is 11.1 Å². The molecule has 2 aromatic carbocycles. The molecular formula is C36H39N5O4. The summed E-state index contributed by atoms with van der Waals surface area (Å²) in [6, 6.07) is 17.4. The second-order valence-electron chi connectivity index (χ2n) is 12.8. The average molecular weight is 606 g/mol. The van der Waals surface area contributed by atoms with Gasteiger partial charge in [0.05, 0.1) is 18.8 Å². The first kappa shape index (κ1) is 30.3. The van der Waals surface area contributed by atoms with Crippen LogP contribution >= 0.6 is 0 Å². The number of aromatic nitrogens is 2. The van der Waals surface area contributed by atoms with Crippen molar-refractivity contribution in [2.75, 3.05) is 43.1 Å². The number of anilines is 3. The van der Waals surface area contributed by atoms with Crippen LogP contribution in [-0.4, -0.2) is 59.1 Å². The third kappa shape index (κ3) is 6.00. The minimum Gasteiger partial charge on any atom is -0.378 e. The number of hydrogen-bond acceptors (Lipinski definition) is 6. The zero-order valence-electron chi connectivity index (χ0n) is 26.5. The molecule has 0 saturated carbocycles. The Morgan fingerprint density at radius 1 is 0.956 bits per heavy atom. The molecule has 4 aromatic rings. The van der Waals surface area contributed by atoms with E-state index in [0.717, 1.165) is 39.9 Å². The fourth-order valence-corrected chi connectivity index (χ4v) is 6.04. The molecule has 0 spiro atoms. The predicted octanol–water partition coefficient (Wildman–Crippen LogP) is 5.47. The number of amides is 2. The first-order valence-electron chi connectivity index (χ1n) is 15.4. The van der Waals surface area contributed by atoms with Crippen LogP contribution in [0.3, 0.4) is 0 Å². The number of nitrogens with zero attached hydrogens (tertiary/aromatic N) is 4. The molecule has 232 valence electrons. The Hall–Kier alpha value is -4.76. The zero-order chi connectivity index (χ0) is 31.9. The maximum absolute atomic E-state index is 13.7. The van der Waals surface area contributed by atoms with Crippen molar-refractivity contribution in [1.29, 1.82) is 0 Å². The van der Waals surface area contributed by atoms with Crippen LogP contribution in [0, 0.1) is 6.92 Å². The second-order valence-corrected chi connectivity index (χ2v) is 12.8. The zero-order valence-corrected chi connectivity index (χ0v) is 26.5. The molecule has 0 bridgehead atoms. The Bertz CT molecular complexity index is 1830. The number of ether oxygens (including phenoxy) is 1. The van der Waals surface area contributed by atoms with Crippen molar-refractivity contribution in [2.24, 2.45) is 7.05 Å². The molecule has 2 aromatic heterocycles. The number of benzene rings is 2. The average Bonchev–Trinajstić information content (AvgIpc) is 3.03. The molecular weight excluding hydrogens is 566 g/mol. The minimum absolute atomic E-state index is 0.00130. The summed E-state index contributed by atoms with van der Waals surface area (Å²) in [7, 11) is 1.71. The van der Waals surface area contributed by atoms with Gasteiger partial charge in [0, 0.05) is 55.9 Å². The molecule has 1 fully saturated rings. The van der Waals surface area contributed by atoms with Gasteiger partial charge in [0.1, 0.15) is 11.5 Å². The van der Waals surface area contributed by atoms with Crippen molar-refractivity contribution in [2.45, 2.75) is 39.5 Å². The molecule has 4 heterocycles. The molecule has 2 aliphatic heterocycles. The van der Waals surface area contributed by atoms with Crippen LogP contribution in [0.15, 0.2) is 71.8 Å². The van der Waals surface area contributed by atoms with Crippen molar-refractivity contribution < 1.29 is 14.3 Å². The fourth-order valence-electron chi connectivity index (χ4n) is 6.04. The molecule has 9 heteroatoms. The number of aryl methyl sites for hydroxylation is 1. The quantitative estimate of drug-likeness (QED) is 0.324. The van der Waals surface area contributed by atoms with Crippen molar-refractivity contribution >= 4 is 29.0 Å². The third-order valence-electron chi connectivity index (χ3n) is 8.71. The van der Waals surface area contributed by atoms with Gasteiger partial charge in [-0.05, 0) is 71.3 Å². The van der Waals surface area contributed by atoms with E-state index < -0.39 is 0 Å². The molecule has 2 aliphatic rings. The maximum atomic E-state index is 13.7. The van der Waals surface area contributed by atoms with E-state index in [1.54, 1.807) is 30.3 Å². The summed E-state index contributed by atoms with van der Waals surface area (Å²) in [5.41, 5.74) is 7.29. The highest BCUT2D eigenvalue weighted by atomic mass is 16.5. The number of fused-ring (bicyclic) bond motifs is 1. The Labute approximate surface area is 263 Å². The van der Waals surface area contributed by atoms with Crippen LogP contribution in [0.25, 0.3) is 11.1 Å². The molecule has 1 N–H and O–H groups in total. The fraction of sp³-hybridized carbons (Fsp3) is 0.333. The lowest BCUT2D eigenvalue weighted by molar-refractivity contribution is 0.0302. The second kappa shape index (κ2) is 12.0. The monoisotopic (exact) mass is 605 g/mol. The number of hydrogen-bond donors (Lipinski definition) is 1. The van der Waals surface area contributed by atoms with E-state index in [0.29, 0.717) is 49.9 Å². The highest BCUT2D eigenvalue weighted by molar-refractivity contribution is 6.09. The van der Waals surface area contributed by atoms with Crippen LogP contribution in [0.1, 0.15) is 58.2 Å². The summed E-state index contributed by atoms with van der Waals surface area (Å²) in [4.78, 5) is 47.7. The largest absolute Gasteiger partial charge is 0.378 e. The van der Waals surface area contributed by atoms with Gasteiger partial charge in [0.2, 0.25) is 0 Å². The standard InChI is InChI=1S/C36H39N5O4/c1-23-28(7-6-8-31(23)41-14-13-24-19-27(36(2,3)4)10-11-29(24)34(41)43)26-20-30(35(44)39(5)22-26)38-32-12-9-25(21-37-32)33(42)40-15-17-45-18-16-40/h6-12,19-22H,13-18H2,1-5H3,(H,37,38). The van der Waals surface area contributed by atoms with Gasteiger partial charge in [-0.2, -0.15) is 0 Å². The Morgan fingerprint density at radius 3 is 2.44 bits per heavy atom. The summed E-state index contributed by atoms with van der Waals surface area (Å²) in [5, 5.41) is 3.15. The number of carbonyl (C=O) groups is 2. The first-order valence-corrected chi connectivity index (χ1v) is 15.4. The molecule has 0 unspecified atom stereocenters. The van der Waals surface area contributed by atoms with Gasteiger partial charge in [-0.3, -0.25) is 14.4 Å². The molecule has 0 aliphatic carbocycles. The van der Waals surface area contributed by atoms with Crippen molar-refractivity contribution in [3.05, 3.63) is 105 Å². The highest BCUT2D eigenvalue weighted by Crippen LogP contribution is 2.35. The smallest absolute Gasteiger partial charge is 0.274 e. The number of carbonyl (C=O) groups excluding carboxylic acids is 2. The summed E-state index contributed by atoms with van der Waals surface area (Å²) in [6.07, 6.45) is 4.12. The van der Waals surface area contributed by atoms with E-state index in [1.807, 2.05) is 42.2 Å². The van der Waals surface area contributed by atoms with Gasteiger partial charge in [-0.1, -0.05) is 45.0 Å². The van der Waals surface area contributed by atoms with Crippen LogP contribution in [0.4, 0.5) is 17.2 Å². The highest BCUT2D eigenvalue weighted by Gasteiger charge is 2.28. The molecule has 1 saturated heterocycles. The molecule has 0 radical (unpaired) electrons. The van der Waals surface area contributed by atoms with E-state index in [9.17, 15) is 14.4 Å². The SMILES string of the molecule is Cc1c(-c2cc(Nc3ccc(C(=O)N4CCOCC4)cn3)c(=O)n(C)c2)cccc1N1CCc2cc(C(C)(C)C)ccc2C1=O. The minimum atomic E-state index is -0.208.